The number of hydrogen-bond acceptors (Lipinski definition) is 27. The predicted molar refractivity (Wildman–Crippen MR) is 495 cm³/mol. The molecule has 16 rings (SSSR count). The lowest BCUT2D eigenvalue weighted by molar-refractivity contribution is -0.116. The van der Waals surface area contributed by atoms with Crippen LogP contribution in [-0.4, -0.2) is 118 Å². The quantitative estimate of drug-likeness (QED) is 0.0351. The van der Waals surface area contributed by atoms with E-state index in [1.54, 1.807) is 84.7 Å². The standard InChI is InChI=1S/C24H28N6O2.3C23H27N7O2/c1-14(2)30-12-17(21-22(25)26-13-27-23(21)30)16-8-6-15(7-9-16)10-20(31)28-19-11-18(32-29-19)24(3,4)5;3*1-13(2)30-22-19(21(24)25-12-26-22)20(28-30)15-8-6-14(7-9-15)10-18(31)27-17-11-16(32-29-17)23(3,4)5/h6-9,11-14H,10H2,1-5H3,(H2,25,26,27)(H,28,29,31);3*6-9,11-13H,10H2,1-5H3,(H2,24,25,26)(H,27,29,31)/i1D3;3D3,4D3;1D3,13D;3D3. The molecule has 664 valence electrons. The fourth-order valence-electron chi connectivity index (χ4n) is 13.4. The van der Waals surface area contributed by atoms with Gasteiger partial charge in [-0.05, 0) is 83.1 Å². The summed E-state index contributed by atoms with van der Waals surface area (Å²) < 4.78 is 152. The van der Waals surface area contributed by atoms with Crippen LogP contribution in [0, 0.1) is 0 Å². The Kier molecular flexibility index (Phi) is 20.7. The van der Waals surface area contributed by atoms with Gasteiger partial charge in [0.25, 0.3) is 0 Å². The van der Waals surface area contributed by atoms with Gasteiger partial charge in [-0.15, -0.1) is 0 Å². The number of aromatic nitrogens is 19. The van der Waals surface area contributed by atoms with Gasteiger partial charge in [0.15, 0.2) is 40.2 Å². The van der Waals surface area contributed by atoms with E-state index in [9.17, 15) is 19.2 Å². The van der Waals surface area contributed by atoms with E-state index >= 15 is 0 Å². The Hall–Kier alpha value is -14.9. The van der Waals surface area contributed by atoms with Crippen molar-refractivity contribution in [1.29, 1.82) is 0 Å². The fourth-order valence-corrected chi connectivity index (χ4v) is 13.4. The highest BCUT2D eigenvalue weighted by atomic mass is 16.5. The number of amides is 4. The van der Waals surface area contributed by atoms with Crippen LogP contribution in [0.4, 0.5) is 46.5 Å². The summed E-state index contributed by atoms with van der Waals surface area (Å²) in [6.07, 6.45) is 7.42. The van der Waals surface area contributed by atoms with E-state index < -0.39 is 63.1 Å². The van der Waals surface area contributed by atoms with Crippen molar-refractivity contribution in [2.24, 2.45) is 0 Å². The zero-order valence-corrected chi connectivity index (χ0v) is 73.1. The minimum Gasteiger partial charge on any atom is -0.383 e. The third kappa shape index (κ3) is 21.0. The van der Waals surface area contributed by atoms with Gasteiger partial charge in [0.05, 0.1) is 48.6 Å². The van der Waals surface area contributed by atoms with Crippen LogP contribution in [0.5, 0.6) is 0 Å². The molecular formula is C93H109N27O8. The molecule has 0 radical (unpaired) electrons. The molecule has 0 aliphatic rings. The largest absolute Gasteiger partial charge is 0.383 e. The van der Waals surface area contributed by atoms with Gasteiger partial charge < -0.3 is 66.9 Å². The first kappa shape index (κ1) is 71.4. The molecule has 2 unspecified atom stereocenters. The van der Waals surface area contributed by atoms with Gasteiger partial charge in [-0.3, -0.25) is 19.2 Å². The minimum absolute atomic E-state index is 0.0231. The van der Waals surface area contributed by atoms with Gasteiger partial charge in [0, 0.05) is 119 Å². The Balaban J connectivity index is 0.000000161. The van der Waals surface area contributed by atoms with Gasteiger partial charge in [-0.2, -0.15) is 15.3 Å². The van der Waals surface area contributed by atoms with Crippen molar-refractivity contribution in [2.45, 2.75) is 210 Å². The average Bonchev–Trinajstić information content (AvgIpc) is 1.70. The highest BCUT2D eigenvalue weighted by Crippen LogP contribution is 2.39. The lowest BCUT2D eigenvalue weighted by Gasteiger charge is -2.12. The molecule has 35 heteroatoms. The van der Waals surface area contributed by atoms with E-state index in [4.69, 9.17) is 68.1 Å². The maximum absolute atomic E-state index is 12.6. The monoisotopic (exact) mass is 1750 g/mol. The second kappa shape index (κ2) is 37.1. The maximum atomic E-state index is 12.6. The Morgan fingerprint density at radius 2 is 0.656 bits per heavy atom. The second-order valence-electron chi connectivity index (χ2n) is 33.8. The number of rotatable bonds is 20. The zero-order chi connectivity index (χ0) is 106. The summed E-state index contributed by atoms with van der Waals surface area (Å²) in [6.45, 7) is 14.0. The first-order valence-corrected chi connectivity index (χ1v) is 40.6. The molecule has 0 bridgehead atoms. The van der Waals surface area contributed by atoms with Gasteiger partial charge in [0.1, 0.15) is 94.4 Å². The lowest BCUT2D eigenvalue weighted by Crippen LogP contribution is -2.14. The highest BCUT2D eigenvalue weighted by Gasteiger charge is 2.28. The van der Waals surface area contributed by atoms with E-state index in [0.717, 1.165) is 56.6 Å². The van der Waals surface area contributed by atoms with Gasteiger partial charge >= 0.3 is 0 Å². The molecule has 35 nitrogen and oxygen atoms in total. The van der Waals surface area contributed by atoms with E-state index in [2.05, 4.69) is 92.0 Å². The number of hydrogen-bond donors (Lipinski definition) is 8. The third-order valence-corrected chi connectivity index (χ3v) is 20.0. The Bertz CT molecular complexity index is 7350. The van der Waals surface area contributed by atoms with Crippen LogP contribution in [0.2, 0.25) is 0 Å². The summed E-state index contributed by atoms with van der Waals surface area (Å²) in [5.41, 5.74) is 30.8. The van der Waals surface area contributed by atoms with Crippen molar-refractivity contribution < 1.29 is 59.2 Å². The molecule has 2 atom stereocenters. The summed E-state index contributed by atoms with van der Waals surface area (Å²) in [6, 6.07) is 32.2. The zero-order valence-electron chi connectivity index (χ0n) is 89.1. The summed E-state index contributed by atoms with van der Waals surface area (Å²) in [5, 5.41) is 42.0. The highest BCUT2D eigenvalue weighted by molar-refractivity contribution is 6.03. The number of nitrogens with one attached hydrogen (secondary N) is 4. The Labute approximate surface area is 761 Å². The number of fused-ring (bicyclic) bond motifs is 4. The SMILES string of the molecule is [2H]C([2H])([2H])C(C)(C)c1cc(NC(=O)Cc2ccc(-c3nn(C(C)C)c4ncnc(N)c34)cc2)no1.[2H]C([2H])([2H])C(C)(c1cc(NC(=O)Cc2ccc(-c3nn(C(C)C)c4ncnc(N)c34)cc2)no1)C([2H])([2H])[2H].[2H]C([2H])([2H])C(C)n1cc(-c2ccc(CC(=O)Nc3cc(C(C)(C)C)on3)cc2)c2c(N)ncnc21.[2H]C([2H])([2H])C([2H])(C)n1nc(-c2ccc(CC(=O)Nc3cc(C(C)(C)C)on3)cc2)c2c(N)ncnc21. The van der Waals surface area contributed by atoms with Crippen LogP contribution in [0.25, 0.3) is 89.0 Å². The number of nitrogens with two attached hydrogens (primary N) is 4. The maximum Gasteiger partial charge on any atom is 0.230 e. The number of carbonyl (C=O) groups excluding carboxylic acids is 4. The van der Waals surface area contributed by atoms with Crippen molar-refractivity contribution in [1.82, 2.24) is 94.4 Å². The summed E-state index contributed by atoms with van der Waals surface area (Å²) in [5.74, 6) is 1.81. The van der Waals surface area contributed by atoms with Gasteiger partial charge in [0.2, 0.25) is 23.6 Å². The summed E-state index contributed by atoms with van der Waals surface area (Å²) in [7, 11) is 0. The minimum atomic E-state index is -2.89. The first-order chi connectivity index (χ1) is 67.0. The molecule has 128 heavy (non-hydrogen) atoms. The molecular weight excluding hydrogens is 1620 g/mol. The van der Waals surface area contributed by atoms with Crippen molar-refractivity contribution in [3.05, 3.63) is 198 Å². The molecule has 0 saturated heterocycles. The predicted octanol–water partition coefficient (Wildman–Crippen LogP) is 17.1. The van der Waals surface area contributed by atoms with Crippen molar-refractivity contribution >= 4 is 114 Å². The van der Waals surface area contributed by atoms with Crippen LogP contribution in [0.3, 0.4) is 0 Å². The van der Waals surface area contributed by atoms with E-state index in [1.807, 2.05) is 135 Å². The van der Waals surface area contributed by atoms with E-state index in [0.29, 0.717) is 101 Å². The normalized spacial score (nSPS) is 14.9. The molecule has 0 aliphatic heterocycles. The topological polar surface area (TPSA) is 486 Å². The first-order valence-electron chi connectivity index (χ1n) is 48.6. The van der Waals surface area contributed by atoms with Crippen LogP contribution in [0.15, 0.2) is 171 Å². The number of nitrogens with zero attached hydrogens (tertiary/aromatic N) is 19. The number of nitrogen functional groups attached to an aromatic ring is 4. The third-order valence-electron chi connectivity index (χ3n) is 20.0. The van der Waals surface area contributed by atoms with Crippen LogP contribution in [0.1, 0.15) is 229 Å². The van der Waals surface area contributed by atoms with E-state index in [-0.39, 0.29) is 107 Å². The number of benzene rings is 4. The molecule has 0 aliphatic carbocycles. The molecule has 16 aromatic rings. The van der Waals surface area contributed by atoms with Gasteiger partial charge in [-0.1, -0.05) is 201 Å². The fraction of sp³-hybridized carbons (Fsp3) is 0.344. The molecule has 0 saturated carbocycles. The van der Waals surface area contributed by atoms with Crippen molar-refractivity contribution in [2.75, 3.05) is 44.2 Å². The smallest absolute Gasteiger partial charge is 0.230 e. The van der Waals surface area contributed by atoms with Gasteiger partial charge in [-0.25, -0.2) is 53.9 Å². The van der Waals surface area contributed by atoms with Crippen LogP contribution in [-0.2, 0) is 66.5 Å². The lowest BCUT2D eigenvalue weighted by atomic mass is 9.93. The molecule has 0 fully saturated rings. The molecule has 12 N–H and O–H groups in total. The van der Waals surface area contributed by atoms with Crippen molar-refractivity contribution in [3.63, 3.8) is 0 Å². The molecule has 12 aromatic heterocycles. The van der Waals surface area contributed by atoms with E-state index in [1.165, 1.54) is 38.3 Å². The van der Waals surface area contributed by atoms with Crippen LogP contribution < -0.4 is 44.2 Å². The summed E-state index contributed by atoms with van der Waals surface area (Å²) >= 11 is 0. The number of carbonyl (C=O) groups is 4. The molecule has 0 spiro atoms. The number of anilines is 8. The average molecular weight is 1750 g/mol. The van der Waals surface area contributed by atoms with Crippen molar-refractivity contribution in [3.8, 4) is 44.9 Å². The summed E-state index contributed by atoms with van der Waals surface area (Å²) in [4.78, 5) is 83.6. The molecule has 12 heterocycles. The Morgan fingerprint density at radius 3 is 0.961 bits per heavy atom. The molecule has 4 aromatic carbocycles. The Morgan fingerprint density at radius 1 is 0.367 bits per heavy atom. The molecule has 4 amide bonds. The second-order valence-corrected chi connectivity index (χ2v) is 33.8. The van der Waals surface area contributed by atoms with Crippen LogP contribution >= 0.6 is 0 Å².